The molecule has 2 aromatic carbocycles. The predicted octanol–water partition coefficient (Wildman–Crippen LogP) is 2.15. The van der Waals surface area contributed by atoms with Crippen molar-refractivity contribution in [3.05, 3.63) is 48.0 Å². The van der Waals surface area contributed by atoms with Crippen LogP contribution in [-0.2, 0) is 16.0 Å². The van der Waals surface area contributed by atoms with Crippen molar-refractivity contribution >= 4 is 11.8 Å². The Morgan fingerprint density at radius 3 is 2.41 bits per heavy atom. The number of fused-ring (bicyclic) bond motifs is 1. The highest BCUT2D eigenvalue weighted by Crippen LogP contribution is 2.31. The molecule has 0 bridgehead atoms. The maximum atomic E-state index is 12.9. The topological polar surface area (TPSA) is 77.5 Å². The van der Waals surface area contributed by atoms with Crippen LogP contribution in [0.5, 0.6) is 23.0 Å². The molecule has 2 amide bonds. The number of nitrogens with zero attached hydrogens (tertiary/aromatic N) is 2. The number of hydrogen-bond donors (Lipinski definition) is 0. The number of amides is 2. The van der Waals surface area contributed by atoms with E-state index in [2.05, 4.69) is 0 Å². The lowest BCUT2D eigenvalue weighted by Crippen LogP contribution is -2.55. The molecule has 2 aliphatic rings. The van der Waals surface area contributed by atoms with Crippen LogP contribution in [0.1, 0.15) is 12.0 Å². The third-order valence-corrected chi connectivity index (χ3v) is 5.82. The Labute approximate surface area is 187 Å². The van der Waals surface area contributed by atoms with Crippen molar-refractivity contribution in [2.24, 2.45) is 0 Å². The molecule has 1 fully saturated rings. The minimum absolute atomic E-state index is 0.0631. The van der Waals surface area contributed by atoms with E-state index < -0.39 is 6.10 Å². The van der Waals surface area contributed by atoms with Crippen molar-refractivity contribution in [1.29, 1.82) is 0 Å². The molecule has 2 aliphatic heterocycles. The van der Waals surface area contributed by atoms with Gasteiger partial charge in [-0.05, 0) is 42.3 Å². The largest absolute Gasteiger partial charge is 0.497 e. The molecule has 8 heteroatoms. The molecule has 1 atom stereocenters. The van der Waals surface area contributed by atoms with E-state index in [1.165, 1.54) is 0 Å². The summed E-state index contributed by atoms with van der Waals surface area (Å²) in [6.45, 7) is 2.16. The third-order valence-electron chi connectivity index (χ3n) is 5.82. The number of carbonyl (C=O) groups excluding carboxylic acids is 2. The Bertz CT molecular complexity index is 971. The smallest absolute Gasteiger partial charge is 0.267 e. The Kier molecular flexibility index (Phi) is 6.68. The average molecular weight is 440 g/mol. The van der Waals surface area contributed by atoms with Crippen LogP contribution < -0.4 is 18.9 Å². The van der Waals surface area contributed by atoms with Crippen LogP contribution in [0.25, 0.3) is 0 Å². The van der Waals surface area contributed by atoms with Gasteiger partial charge in [-0.3, -0.25) is 9.59 Å². The van der Waals surface area contributed by atoms with Gasteiger partial charge < -0.3 is 28.7 Å². The van der Waals surface area contributed by atoms with Crippen molar-refractivity contribution in [2.75, 3.05) is 47.0 Å². The van der Waals surface area contributed by atoms with Gasteiger partial charge in [0.05, 0.1) is 14.2 Å². The molecule has 0 N–H and O–H groups in total. The van der Waals surface area contributed by atoms with Gasteiger partial charge in [-0.15, -0.1) is 0 Å². The molecule has 2 aromatic rings. The maximum Gasteiger partial charge on any atom is 0.267 e. The Morgan fingerprint density at radius 2 is 1.69 bits per heavy atom. The predicted molar refractivity (Wildman–Crippen MR) is 117 cm³/mol. The number of aryl methyl sites for hydroxylation is 1. The quantitative estimate of drug-likeness (QED) is 0.685. The number of carbonyl (C=O) groups is 2. The lowest BCUT2D eigenvalue weighted by Gasteiger charge is -2.37. The average Bonchev–Trinajstić information content (AvgIpc) is 2.86. The first kappa shape index (κ1) is 21.8. The van der Waals surface area contributed by atoms with Gasteiger partial charge in [0.2, 0.25) is 12.0 Å². The van der Waals surface area contributed by atoms with Crippen LogP contribution in [0.4, 0.5) is 0 Å². The molecular weight excluding hydrogens is 412 g/mol. The summed E-state index contributed by atoms with van der Waals surface area (Å²) in [5.41, 5.74) is 0.934. The molecule has 170 valence electrons. The van der Waals surface area contributed by atoms with Crippen molar-refractivity contribution in [2.45, 2.75) is 18.9 Å². The van der Waals surface area contributed by atoms with Gasteiger partial charge in [-0.2, -0.15) is 0 Å². The van der Waals surface area contributed by atoms with Crippen molar-refractivity contribution in [3.63, 3.8) is 0 Å². The highest BCUT2D eigenvalue weighted by molar-refractivity contribution is 5.82. The van der Waals surface area contributed by atoms with Gasteiger partial charge in [-0.1, -0.05) is 12.1 Å². The molecule has 8 nitrogen and oxygen atoms in total. The van der Waals surface area contributed by atoms with E-state index in [1.54, 1.807) is 25.2 Å². The van der Waals surface area contributed by atoms with Crippen LogP contribution in [0.15, 0.2) is 42.5 Å². The zero-order valence-electron chi connectivity index (χ0n) is 18.4. The Morgan fingerprint density at radius 1 is 0.969 bits per heavy atom. The summed E-state index contributed by atoms with van der Waals surface area (Å²) in [7, 11) is 3.23. The minimum atomic E-state index is -0.660. The summed E-state index contributed by atoms with van der Waals surface area (Å²) in [6.07, 6.45) is 0.270. The number of para-hydroxylation sites is 2. The lowest BCUT2D eigenvalue weighted by atomic mass is 10.1. The first-order chi connectivity index (χ1) is 15.6. The number of hydrogen-bond acceptors (Lipinski definition) is 6. The van der Waals surface area contributed by atoms with Crippen LogP contribution >= 0.6 is 0 Å². The van der Waals surface area contributed by atoms with Gasteiger partial charge in [-0.25, -0.2) is 0 Å². The molecule has 0 aromatic heterocycles. The van der Waals surface area contributed by atoms with E-state index in [1.807, 2.05) is 41.3 Å². The first-order valence-electron chi connectivity index (χ1n) is 10.7. The fourth-order valence-electron chi connectivity index (χ4n) is 4.00. The normalized spacial score (nSPS) is 17.6. The second kappa shape index (κ2) is 9.80. The van der Waals surface area contributed by atoms with Gasteiger partial charge in [0.25, 0.3) is 5.91 Å². The summed E-state index contributed by atoms with van der Waals surface area (Å²) in [6, 6.07) is 12.9. The molecule has 0 unspecified atom stereocenters. The first-order valence-corrected chi connectivity index (χ1v) is 10.7. The zero-order chi connectivity index (χ0) is 22.5. The zero-order valence-corrected chi connectivity index (χ0v) is 18.4. The summed E-state index contributed by atoms with van der Waals surface area (Å²) < 4.78 is 22.2. The fourth-order valence-corrected chi connectivity index (χ4v) is 4.00. The van der Waals surface area contributed by atoms with E-state index in [-0.39, 0.29) is 18.4 Å². The molecular formula is C24H28N2O6. The monoisotopic (exact) mass is 440 g/mol. The van der Waals surface area contributed by atoms with Gasteiger partial charge in [0.15, 0.2) is 11.5 Å². The second-order valence-electron chi connectivity index (χ2n) is 7.75. The van der Waals surface area contributed by atoms with Crippen molar-refractivity contribution in [3.8, 4) is 23.0 Å². The molecule has 0 saturated carbocycles. The highest BCUT2D eigenvalue weighted by atomic mass is 16.6. The molecule has 1 saturated heterocycles. The fraction of sp³-hybridized carbons (Fsp3) is 0.417. The van der Waals surface area contributed by atoms with Crippen LogP contribution in [0, 0.1) is 0 Å². The summed E-state index contributed by atoms with van der Waals surface area (Å²) in [4.78, 5) is 29.2. The van der Waals surface area contributed by atoms with Crippen molar-refractivity contribution < 1.29 is 28.5 Å². The summed E-state index contributed by atoms with van der Waals surface area (Å²) >= 11 is 0. The standard InChI is InChI=1S/C24H28N2O6/c1-29-18-8-9-19(30-2)17(15-18)7-10-23(27)25-11-13-26(14-12-25)24(28)22-16-31-20-5-3-4-6-21(20)32-22/h3-6,8-9,15,22H,7,10-14,16H2,1-2H3/t22-/m1/s1. The van der Waals surface area contributed by atoms with Gasteiger partial charge in [0.1, 0.15) is 18.1 Å². The van der Waals surface area contributed by atoms with E-state index in [0.717, 1.165) is 17.1 Å². The third kappa shape index (κ3) is 4.74. The number of ether oxygens (including phenoxy) is 4. The highest BCUT2D eigenvalue weighted by Gasteiger charge is 2.33. The maximum absolute atomic E-state index is 12.9. The number of methoxy groups -OCH3 is 2. The van der Waals surface area contributed by atoms with Gasteiger partial charge in [0, 0.05) is 32.6 Å². The van der Waals surface area contributed by atoms with E-state index >= 15 is 0 Å². The SMILES string of the molecule is COc1ccc(OC)c(CCC(=O)N2CCN(C(=O)[C@H]3COc4ccccc4O3)CC2)c1. The minimum Gasteiger partial charge on any atom is -0.497 e. The Balaban J connectivity index is 1.27. The molecule has 0 aliphatic carbocycles. The van der Waals surface area contributed by atoms with E-state index in [9.17, 15) is 9.59 Å². The second-order valence-corrected chi connectivity index (χ2v) is 7.75. The van der Waals surface area contributed by atoms with E-state index in [4.69, 9.17) is 18.9 Å². The molecule has 0 spiro atoms. The number of benzene rings is 2. The molecule has 2 heterocycles. The lowest BCUT2D eigenvalue weighted by molar-refractivity contribution is -0.146. The molecule has 4 rings (SSSR count). The van der Waals surface area contributed by atoms with Crippen LogP contribution in [0.3, 0.4) is 0 Å². The summed E-state index contributed by atoms with van der Waals surface area (Å²) in [5.74, 6) is 2.67. The van der Waals surface area contributed by atoms with E-state index in [0.29, 0.717) is 50.5 Å². The summed E-state index contributed by atoms with van der Waals surface area (Å²) in [5, 5.41) is 0. The van der Waals surface area contributed by atoms with Crippen molar-refractivity contribution in [1.82, 2.24) is 9.80 Å². The molecule has 32 heavy (non-hydrogen) atoms. The number of rotatable bonds is 6. The van der Waals surface area contributed by atoms with Gasteiger partial charge >= 0.3 is 0 Å². The number of piperazine rings is 1. The molecule has 0 radical (unpaired) electrons. The van der Waals surface area contributed by atoms with Crippen LogP contribution in [0.2, 0.25) is 0 Å². The van der Waals surface area contributed by atoms with Crippen LogP contribution in [-0.4, -0.2) is 74.7 Å². The Hall–Kier alpha value is -3.42.